The highest BCUT2D eigenvalue weighted by atomic mass is 79.9. The highest BCUT2D eigenvalue weighted by Crippen LogP contribution is 2.31. The lowest BCUT2D eigenvalue weighted by molar-refractivity contribution is -0.123. The zero-order chi connectivity index (χ0) is 13.3. The molecular formula is C14H21BrN2O. The van der Waals surface area contributed by atoms with E-state index in [0.29, 0.717) is 18.1 Å². The third-order valence-electron chi connectivity index (χ3n) is 4.00. The highest BCUT2D eigenvalue weighted by molar-refractivity contribution is 9.10. The molecule has 1 aliphatic carbocycles. The van der Waals surface area contributed by atoms with Gasteiger partial charge >= 0.3 is 0 Å². The fourth-order valence-electron chi connectivity index (χ4n) is 2.91. The van der Waals surface area contributed by atoms with E-state index in [2.05, 4.69) is 28.0 Å². The molecule has 1 heterocycles. The van der Waals surface area contributed by atoms with Crippen molar-refractivity contribution in [1.82, 2.24) is 9.78 Å². The van der Waals surface area contributed by atoms with Crippen LogP contribution in [0.5, 0.6) is 0 Å². The topological polar surface area (TPSA) is 34.9 Å². The lowest BCUT2D eigenvalue weighted by atomic mass is 9.79. The summed E-state index contributed by atoms with van der Waals surface area (Å²) >= 11 is 3.53. The number of Topliss-reactive ketones (excluding diaryl/α,β-unsaturated/α-hetero) is 1. The van der Waals surface area contributed by atoms with Crippen molar-refractivity contribution in [1.29, 1.82) is 0 Å². The smallest absolute Gasteiger partial charge is 0.141 e. The molecule has 100 valence electrons. The number of nitrogens with zero attached hydrogens (tertiary/aromatic N) is 2. The predicted octanol–water partition coefficient (Wildman–Crippen LogP) is 3.43. The molecule has 1 aliphatic rings. The van der Waals surface area contributed by atoms with Crippen molar-refractivity contribution in [2.24, 2.45) is 18.9 Å². The van der Waals surface area contributed by atoms with Crippen molar-refractivity contribution >= 4 is 21.7 Å². The number of ketones is 1. The summed E-state index contributed by atoms with van der Waals surface area (Å²) in [5.41, 5.74) is 1.97. The fraction of sp³-hybridized carbons (Fsp3) is 0.714. The number of hydrogen-bond donors (Lipinski definition) is 0. The first-order valence-electron chi connectivity index (χ1n) is 6.69. The summed E-state index contributed by atoms with van der Waals surface area (Å²) in [6, 6.07) is 0. The Morgan fingerprint density at radius 2 is 2.22 bits per heavy atom. The molecule has 4 heteroatoms. The molecule has 18 heavy (non-hydrogen) atoms. The van der Waals surface area contributed by atoms with Crippen molar-refractivity contribution in [2.75, 3.05) is 0 Å². The summed E-state index contributed by atoms with van der Waals surface area (Å²) in [7, 11) is 1.91. The monoisotopic (exact) mass is 312 g/mol. The summed E-state index contributed by atoms with van der Waals surface area (Å²) in [4.78, 5) is 12.4. The molecule has 1 fully saturated rings. The minimum atomic E-state index is 0.260. The highest BCUT2D eigenvalue weighted by Gasteiger charge is 2.26. The molecule has 2 atom stereocenters. The molecular weight excluding hydrogens is 292 g/mol. The van der Waals surface area contributed by atoms with E-state index < -0.39 is 0 Å². The van der Waals surface area contributed by atoms with Gasteiger partial charge in [0.15, 0.2) is 0 Å². The lowest BCUT2D eigenvalue weighted by Crippen LogP contribution is -2.24. The van der Waals surface area contributed by atoms with Crippen LogP contribution >= 0.6 is 15.9 Å². The Balaban J connectivity index is 2.06. The van der Waals surface area contributed by atoms with Gasteiger partial charge in [0.1, 0.15) is 5.78 Å². The zero-order valence-electron chi connectivity index (χ0n) is 11.4. The van der Waals surface area contributed by atoms with Gasteiger partial charge in [-0.1, -0.05) is 19.8 Å². The minimum Gasteiger partial charge on any atom is -0.299 e. The van der Waals surface area contributed by atoms with E-state index in [1.165, 1.54) is 12.8 Å². The molecule has 0 bridgehead atoms. The van der Waals surface area contributed by atoms with Crippen LogP contribution in [0, 0.1) is 18.8 Å². The zero-order valence-corrected chi connectivity index (χ0v) is 13.0. The van der Waals surface area contributed by atoms with Crippen LogP contribution in [0.15, 0.2) is 4.47 Å². The molecule has 3 nitrogen and oxygen atoms in total. The van der Waals surface area contributed by atoms with E-state index in [-0.39, 0.29) is 5.92 Å². The largest absolute Gasteiger partial charge is 0.299 e. The van der Waals surface area contributed by atoms with Crippen LogP contribution in [0.1, 0.15) is 44.0 Å². The molecule has 1 aromatic rings. The number of halogens is 1. The molecule has 0 N–H and O–H groups in total. The molecule has 1 saturated carbocycles. The van der Waals surface area contributed by atoms with Crippen LogP contribution in [0.2, 0.25) is 0 Å². The van der Waals surface area contributed by atoms with E-state index in [1.807, 2.05) is 18.7 Å². The summed E-state index contributed by atoms with van der Waals surface area (Å²) in [5, 5.41) is 4.34. The SMILES string of the molecule is Cc1nn(C)c(CC(=O)C2CCCC(C)C2)c1Br. The molecule has 2 unspecified atom stereocenters. The second-order valence-corrected chi connectivity index (χ2v) is 6.37. The van der Waals surface area contributed by atoms with Gasteiger partial charge in [0.2, 0.25) is 0 Å². The number of aromatic nitrogens is 2. The molecule has 0 aliphatic heterocycles. The Labute approximate surface area is 117 Å². The summed E-state index contributed by atoms with van der Waals surface area (Å²) in [6.45, 7) is 4.21. The Kier molecular flexibility index (Phi) is 4.25. The average Bonchev–Trinajstić information content (AvgIpc) is 2.56. The molecule has 0 radical (unpaired) electrons. The van der Waals surface area contributed by atoms with Crippen LogP contribution in [-0.4, -0.2) is 15.6 Å². The van der Waals surface area contributed by atoms with Gasteiger partial charge in [-0.2, -0.15) is 5.10 Å². The van der Waals surface area contributed by atoms with Crippen molar-refractivity contribution in [2.45, 2.75) is 46.0 Å². The van der Waals surface area contributed by atoms with Crippen molar-refractivity contribution < 1.29 is 4.79 Å². The van der Waals surface area contributed by atoms with E-state index in [1.54, 1.807) is 0 Å². The first kappa shape index (κ1) is 13.8. The quantitative estimate of drug-likeness (QED) is 0.857. The van der Waals surface area contributed by atoms with Gasteiger partial charge in [-0.25, -0.2) is 0 Å². The Bertz CT molecular complexity index is 453. The van der Waals surface area contributed by atoms with Crippen molar-refractivity contribution in [3.05, 3.63) is 15.9 Å². The number of carbonyl (C=O) groups excluding carboxylic acids is 1. The maximum atomic E-state index is 12.4. The minimum absolute atomic E-state index is 0.260. The molecule has 0 aromatic carbocycles. The molecule has 2 rings (SSSR count). The summed E-state index contributed by atoms with van der Waals surface area (Å²) < 4.78 is 2.81. The van der Waals surface area contributed by atoms with Crippen LogP contribution in [0.25, 0.3) is 0 Å². The standard InChI is InChI=1S/C14H21BrN2O/c1-9-5-4-6-11(7-9)13(18)8-12-14(15)10(2)16-17(12)3/h9,11H,4-8H2,1-3H3. The van der Waals surface area contributed by atoms with Gasteiger partial charge in [0.05, 0.1) is 15.9 Å². The number of carbonyl (C=O) groups is 1. The van der Waals surface area contributed by atoms with Crippen LogP contribution in [0.4, 0.5) is 0 Å². The third-order valence-corrected chi connectivity index (χ3v) is 5.03. The molecule has 0 saturated heterocycles. The predicted molar refractivity (Wildman–Crippen MR) is 75.5 cm³/mol. The van der Waals surface area contributed by atoms with E-state index >= 15 is 0 Å². The average molecular weight is 313 g/mol. The van der Waals surface area contributed by atoms with Gasteiger partial charge in [0, 0.05) is 19.4 Å². The fourth-order valence-corrected chi connectivity index (χ4v) is 3.38. The first-order chi connectivity index (χ1) is 8.49. The summed E-state index contributed by atoms with van der Waals surface area (Å²) in [5.74, 6) is 1.34. The second-order valence-electron chi connectivity index (χ2n) is 5.58. The number of rotatable bonds is 3. The van der Waals surface area contributed by atoms with Crippen LogP contribution in [-0.2, 0) is 18.3 Å². The second kappa shape index (κ2) is 5.55. The first-order valence-corrected chi connectivity index (χ1v) is 7.49. The lowest BCUT2D eigenvalue weighted by Gasteiger charge is -2.25. The van der Waals surface area contributed by atoms with Gasteiger partial charge in [-0.3, -0.25) is 9.48 Å². The van der Waals surface area contributed by atoms with Gasteiger partial charge < -0.3 is 0 Å². The van der Waals surface area contributed by atoms with Gasteiger partial charge in [0.25, 0.3) is 0 Å². The Hall–Kier alpha value is -0.640. The third kappa shape index (κ3) is 2.85. The number of hydrogen-bond acceptors (Lipinski definition) is 2. The van der Waals surface area contributed by atoms with E-state index in [4.69, 9.17) is 0 Å². The Morgan fingerprint density at radius 1 is 1.50 bits per heavy atom. The van der Waals surface area contributed by atoms with E-state index in [9.17, 15) is 4.79 Å². The van der Waals surface area contributed by atoms with Gasteiger partial charge in [-0.15, -0.1) is 0 Å². The Morgan fingerprint density at radius 3 is 2.78 bits per heavy atom. The van der Waals surface area contributed by atoms with Gasteiger partial charge in [-0.05, 0) is 41.6 Å². The van der Waals surface area contributed by atoms with Crippen molar-refractivity contribution in [3.8, 4) is 0 Å². The molecule has 1 aromatic heterocycles. The van der Waals surface area contributed by atoms with Crippen LogP contribution in [0.3, 0.4) is 0 Å². The van der Waals surface area contributed by atoms with Crippen molar-refractivity contribution in [3.63, 3.8) is 0 Å². The number of aryl methyl sites for hydroxylation is 2. The van der Waals surface area contributed by atoms with Crippen LogP contribution < -0.4 is 0 Å². The molecule has 0 spiro atoms. The van der Waals surface area contributed by atoms with E-state index in [0.717, 1.165) is 28.7 Å². The maximum Gasteiger partial charge on any atom is 0.141 e. The maximum absolute atomic E-state index is 12.4. The summed E-state index contributed by atoms with van der Waals surface area (Å²) in [6.07, 6.45) is 5.11. The normalized spacial score (nSPS) is 24.2. The molecule has 0 amide bonds.